The van der Waals surface area contributed by atoms with Gasteiger partial charge in [0.25, 0.3) is 0 Å². The highest BCUT2D eigenvalue weighted by molar-refractivity contribution is 5.39. The maximum absolute atomic E-state index is 9.28. The summed E-state index contributed by atoms with van der Waals surface area (Å²) in [6.07, 6.45) is 3.87. The molecule has 0 aliphatic carbocycles. The number of nitriles is 1. The number of para-hydroxylation sites is 1. The molecule has 0 saturated carbocycles. The summed E-state index contributed by atoms with van der Waals surface area (Å²) >= 11 is 0. The Morgan fingerprint density at radius 3 is 2.48 bits per heavy atom. The molecule has 0 spiro atoms. The number of rotatable bonds is 9. The van der Waals surface area contributed by atoms with Crippen molar-refractivity contribution in [3.8, 4) is 11.8 Å². The molecule has 1 N–H and O–H groups in total. The lowest BCUT2D eigenvalue weighted by molar-refractivity contribution is 0.292. The van der Waals surface area contributed by atoms with Crippen LogP contribution in [0.15, 0.2) is 18.2 Å². The van der Waals surface area contributed by atoms with E-state index >= 15 is 0 Å². The zero-order valence-electron chi connectivity index (χ0n) is 13.8. The molecule has 3 heteroatoms. The number of ether oxygens (including phenoxy) is 1. The lowest BCUT2D eigenvalue weighted by atomic mass is 9.96. The van der Waals surface area contributed by atoms with E-state index in [2.05, 4.69) is 50.4 Å². The smallest absolute Gasteiger partial charge is 0.125 e. The van der Waals surface area contributed by atoms with Gasteiger partial charge in [0.1, 0.15) is 11.3 Å². The molecule has 3 nitrogen and oxygen atoms in total. The van der Waals surface area contributed by atoms with Crippen LogP contribution in [0.5, 0.6) is 5.75 Å². The van der Waals surface area contributed by atoms with E-state index in [4.69, 9.17) is 4.74 Å². The van der Waals surface area contributed by atoms with E-state index in [1.807, 2.05) is 6.92 Å². The first-order chi connectivity index (χ1) is 10.0. The highest BCUT2D eigenvalue weighted by Gasteiger charge is 2.21. The Balaban J connectivity index is 2.33. The van der Waals surface area contributed by atoms with Gasteiger partial charge < -0.3 is 4.74 Å². The third-order valence-electron chi connectivity index (χ3n) is 3.74. The van der Waals surface area contributed by atoms with Crippen LogP contribution in [0.1, 0.15) is 50.7 Å². The van der Waals surface area contributed by atoms with E-state index in [1.165, 1.54) is 11.1 Å². The fourth-order valence-electron chi connectivity index (χ4n) is 2.37. The lowest BCUT2D eigenvalue weighted by Gasteiger charge is -2.23. The van der Waals surface area contributed by atoms with Crippen molar-refractivity contribution in [3.63, 3.8) is 0 Å². The van der Waals surface area contributed by atoms with Gasteiger partial charge in [0.2, 0.25) is 0 Å². The molecule has 21 heavy (non-hydrogen) atoms. The second-order valence-corrected chi connectivity index (χ2v) is 5.90. The highest BCUT2D eigenvalue weighted by atomic mass is 16.5. The molecule has 1 aromatic rings. The first kappa shape index (κ1) is 17.5. The van der Waals surface area contributed by atoms with Crippen molar-refractivity contribution in [1.29, 1.82) is 5.26 Å². The standard InChI is InChI=1S/C18H28N2O/c1-5-12-20-18(4,14-19)11-6-7-13-21-17-15(2)9-8-10-16(17)3/h8-10,20H,5-7,11-13H2,1-4H3. The summed E-state index contributed by atoms with van der Waals surface area (Å²) in [5.41, 5.74) is 1.96. The number of benzene rings is 1. The fourth-order valence-corrected chi connectivity index (χ4v) is 2.37. The van der Waals surface area contributed by atoms with Crippen LogP contribution in [0, 0.1) is 25.2 Å². The van der Waals surface area contributed by atoms with Gasteiger partial charge in [-0.1, -0.05) is 25.1 Å². The van der Waals surface area contributed by atoms with Crippen molar-refractivity contribution in [2.45, 2.75) is 58.9 Å². The zero-order chi connectivity index (χ0) is 15.7. The molecule has 0 aliphatic rings. The van der Waals surface area contributed by atoms with Gasteiger partial charge in [-0.05, 0) is 64.1 Å². The topological polar surface area (TPSA) is 45.0 Å². The van der Waals surface area contributed by atoms with Gasteiger partial charge in [0.15, 0.2) is 0 Å². The predicted molar refractivity (Wildman–Crippen MR) is 87.6 cm³/mol. The van der Waals surface area contributed by atoms with Crippen LogP contribution in [-0.2, 0) is 0 Å². The summed E-state index contributed by atoms with van der Waals surface area (Å²) in [5, 5.41) is 12.6. The summed E-state index contributed by atoms with van der Waals surface area (Å²) in [6.45, 7) is 9.84. The molecule has 1 atom stereocenters. The molecule has 1 rings (SSSR count). The minimum Gasteiger partial charge on any atom is -0.493 e. The van der Waals surface area contributed by atoms with Crippen LogP contribution < -0.4 is 10.1 Å². The van der Waals surface area contributed by atoms with Crippen molar-refractivity contribution >= 4 is 0 Å². The van der Waals surface area contributed by atoms with Crippen molar-refractivity contribution < 1.29 is 4.74 Å². The summed E-state index contributed by atoms with van der Waals surface area (Å²) < 4.78 is 5.89. The Morgan fingerprint density at radius 1 is 1.24 bits per heavy atom. The predicted octanol–water partition coefficient (Wildman–Crippen LogP) is 4.13. The molecule has 0 bridgehead atoms. The van der Waals surface area contributed by atoms with Crippen molar-refractivity contribution in [1.82, 2.24) is 5.32 Å². The molecular formula is C18H28N2O. The lowest BCUT2D eigenvalue weighted by Crippen LogP contribution is -2.41. The number of nitrogens with zero attached hydrogens (tertiary/aromatic N) is 1. The van der Waals surface area contributed by atoms with Gasteiger partial charge in [-0.3, -0.25) is 5.32 Å². The zero-order valence-corrected chi connectivity index (χ0v) is 13.8. The molecule has 1 unspecified atom stereocenters. The maximum Gasteiger partial charge on any atom is 0.125 e. The Morgan fingerprint density at radius 2 is 1.90 bits per heavy atom. The van der Waals surface area contributed by atoms with Crippen LogP contribution in [0.2, 0.25) is 0 Å². The summed E-state index contributed by atoms with van der Waals surface area (Å²) in [6, 6.07) is 8.59. The third-order valence-corrected chi connectivity index (χ3v) is 3.74. The minimum atomic E-state index is -0.408. The molecule has 0 aliphatic heterocycles. The van der Waals surface area contributed by atoms with Crippen molar-refractivity contribution in [2.75, 3.05) is 13.2 Å². The van der Waals surface area contributed by atoms with Crippen LogP contribution in [0.25, 0.3) is 0 Å². The van der Waals surface area contributed by atoms with Crippen LogP contribution in [0.4, 0.5) is 0 Å². The van der Waals surface area contributed by atoms with E-state index in [9.17, 15) is 5.26 Å². The maximum atomic E-state index is 9.28. The van der Waals surface area contributed by atoms with E-state index < -0.39 is 5.54 Å². The molecule has 0 heterocycles. The SMILES string of the molecule is CCCNC(C)(C#N)CCCCOc1c(C)cccc1C. The normalized spacial score (nSPS) is 13.5. The molecule has 0 fully saturated rings. The fraction of sp³-hybridized carbons (Fsp3) is 0.611. The summed E-state index contributed by atoms with van der Waals surface area (Å²) in [5.74, 6) is 1.00. The number of unbranched alkanes of at least 4 members (excludes halogenated alkanes) is 1. The average molecular weight is 288 g/mol. The van der Waals surface area contributed by atoms with E-state index in [0.717, 1.165) is 38.0 Å². The highest BCUT2D eigenvalue weighted by Crippen LogP contribution is 2.22. The monoisotopic (exact) mass is 288 g/mol. The molecule has 0 aromatic heterocycles. The van der Waals surface area contributed by atoms with Crippen molar-refractivity contribution in [2.24, 2.45) is 0 Å². The van der Waals surface area contributed by atoms with Crippen LogP contribution in [0.3, 0.4) is 0 Å². The Bertz CT molecular complexity index is 458. The molecule has 0 radical (unpaired) electrons. The summed E-state index contributed by atoms with van der Waals surface area (Å²) in [4.78, 5) is 0. The van der Waals surface area contributed by atoms with Gasteiger partial charge in [0, 0.05) is 0 Å². The van der Waals surface area contributed by atoms with Crippen molar-refractivity contribution in [3.05, 3.63) is 29.3 Å². The first-order valence-corrected chi connectivity index (χ1v) is 7.87. The Labute approximate surface area is 129 Å². The van der Waals surface area contributed by atoms with Gasteiger partial charge in [0.05, 0.1) is 12.7 Å². The molecular weight excluding hydrogens is 260 g/mol. The second-order valence-electron chi connectivity index (χ2n) is 5.90. The molecule has 1 aromatic carbocycles. The van der Waals surface area contributed by atoms with Gasteiger partial charge in [-0.15, -0.1) is 0 Å². The molecule has 0 saturated heterocycles. The number of hydrogen-bond donors (Lipinski definition) is 1. The van der Waals surface area contributed by atoms with E-state index in [-0.39, 0.29) is 0 Å². The van der Waals surface area contributed by atoms with Gasteiger partial charge in [-0.2, -0.15) is 5.26 Å². The average Bonchev–Trinajstić information content (AvgIpc) is 2.47. The van der Waals surface area contributed by atoms with E-state index in [0.29, 0.717) is 6.61 Å². The second kappa shape index (κ2) is 8.69. The van der Waals surface area contributed by atoms with Gasteiger partial charge >= 0.3 is 0 Å². The quantitative estimate of drug-likeness (QED) is 0.695. The van der Waals surface area contributed by atoms with Crippen LogP contribution >= 0.6 is 0 Å². The largest absolute Gasteiger partial charge is 0.493 e. The summed E-state index contributed by atoms with van der Waals surface area (Å²) in [7, 11) is 0. The first-order valence-electron chi connectivity index (χ1n) is 7.87. The molecule has 116 valence electrons. The Kier molecular flexibility index (Phi) is 7.25. The Hall–Kier alpha value is -1.53. The number of nitrogens with one attached hydrogen (secondary N) is 1. The number of hydrogen-bond acceptors (Lipinski definition) is 3. The number of aryl methyl sites for hydroxylation is 2. The third kappa shape index (κ3) is 5.77. The van der Waals surface area contributed by atoms with E-state index in [1.54, 1.807) is 0 Å². The minimum absolute atomic E-state index is 0.408. The van der Waals surface area contributed by atoms with Gasteiger partial charge in [-0.25, -0.2) is 0 Å². The van der Waals surface area contributed by atoms with Crippen LogP contribution in [-0.4, -0.2) is 18.7 Å². The molecule has 0 amide bonds.